The van der Waals surface area contributed by atoms with Crippen LogP contribution in [-0.2, 0) is 12.0 Å². The predicted molar refractivity (Wildman–Crippen MR) is 94.6 cm³/mol. The Kier molecular flexibility index (Phi) is 6.15. The van der Waals surface area contributed by atoms with Crippen molar-refractivity contribution in [2.45, 2.75) is 58.0 Å². The highest BCUT2D eigenvalue weighted by atomic mass is 16.5. The van der Waals surface area contributed by atoms with E-state index in [1.807, 2.05) is 18.2 Å². The average Bonchev–Trinajstić information content (AvgIpc) is 3.04. The van der Waals surface area contributed by atoms with Gasteiger partial charge in [0.1, 0.15) is 17.5 Å². The van der Waals surface area contributed by atoms with Crippen LogP contribution in [0.25, 0.3) is 0 Å². The Morgan fingerprint density at radius 3 is 2.62 bits per heavy atom. The topological polar surface area (TPSA) is 81.2 Å². The van der Waals surface area contributed by atoms with Crippen LogP contribution in [0, 0.1) is 0 Å². The van der Waals surface area contributed by atoms with Gasteiger partial charge < -0.3 is 15.6 Å². The highest BCUT2D eigenvalue weighted by Gasteiger charge is 2.27. The third-order valence-corrected chi connectivity index (χ3v) is 4.02. The molecule has 1 heterocycles. The third kappa shape index (κ3) is 4.93. The van der Waals surface area contributed by atoms with Gasteiger partial charge in [-0.25, -0.2) is 0 Å². The van der Waals surface area contributed by atoms with Crippen LogP contribution < -0.4 is 11.1 Å². The summed E-state index contributed by atoms with van der Waals surface area (Å²) in [7, 11) is 0. The molecule has 2 rings (SSSR count). The summed E-state index contributed by atoms with van der Waals surface area (Å²) in [4.78, 5) is 12.6. The molecular weight excluding hydrogens is 302 g/mol. The van der Waals surface area contributed by atoms with Crippen LogP contribution in [0.2, 0.25) is 0 Å². The summed E-state index contributed by atoms with van der Waals surface area (Å²) in [6.07, 6.45) is 5.16. The molecule has 1 atom stereocenters. The molecular formula is C19H27N3O2. The molecule has 3 N–H and O–H groups in total. The summed E-state index contributed by atoms with van der Waals surface area (Å²) in [5.74, 6) is -0.170. The number of nitrogens with one attached hydrogen (secondary N) is 1. The van der Waals surface area contributed by atoms with Crippen LogP contribution in [0.4, 0.5) is 0 Å². The van der Waals surface area contributed by atoms with Gasteiger partial charge in [0, 0.05) is 6.04 Å². The minimum Gasteiger partial charge on any atom is -0.364 e. The number of hydrogen-bond acceptors (Lipinski definition) is 4. The number of aromatic nitrogens is 1. The van der Waals surface area contributed by atoms with Gasteiger partial charge in [0.05, 0.1) is 5.54 Å². The monoisotopic (exact) mass is 329 g/mol. The Labute approximate surface area is 143 Å². The van der Waals surface area contributed by atoms with Gasteiger partial charge in [-0.2, -0.15) is 0 Å². The summed E-state index contributed by atoms with van der Waals surface area (Å²) < 4.78 is 4.97. The normalized spacial score (nSPS) is 12.8. The zero-order valence-corrected chi connectivity index (χ0v) is 14.7. The Balaban J connectivity index is 2.02. The van der Waals surface area contributed by atoms with E-state index in [9.17, 15) is 4.79 Å². The lowest BCUT2D eigenvalue weighted by Gasteiger charge is -2.20. The molecule has 5 nitrogen and oxygen atoms in total. The highest BCUT2D eigenvalue weighted by molar-refractivity contribution is 5.95. The molecule has 1 unspecified atom stereocenters. The van der Waals surface area contributed by atoms with E-state index in [-0.39, 0.29) is 11.9 Å². The second-order valence-electron chi connectivity index (χ2n) is 6.78. The maximum atomic E-state index is 12.6. The molecule has 0 bridgehead atoms. The second kappa shape index (κ2) is 8.11. The van der Waals surface area contributed by atoms with Gasteiger partial charge in [-0.05, 0) is 38.7 Å². The summed E-state index contributed by atoms with van der Waals surface area (Å²) in [6.45, 7) is 5.73. The maximum absolute atomic E-state index is 12.6. The van der Waals surface area contributed by atoms with E-state index in [1.165, 1.54) is 11.8 Å². The highest BCUT2D eigenvalue weighted by Crippen LogP contribution is 2.20. The van der Waals surface area contributed by atoms with Gasteiger partial charge in [0.15, 0.2) is 0 Å². The second-order valence-corrected chi connectivity index (χ2v) is 6.78. The minimum absolute atomic E-state index is 0.117. The molecule has 0 spiro atoms. The van der Waals surface area contributed by atoms with E-state index in [0.29, 0.717) is 11.3 Å². The number of hydrogen-bond donors (Lipinski definition) is 2. The molecule has 0 saturated carbocycles. The van der Waals surface area contributed by atoms with E-state index < -0.39 is 5.54 Å². The number of benzene rings is 1. The molecule has 0 radical (unpaired) electrons. The number of aryl methyl sites for hydroxylation is 1. The number of amides is 1. The smallest absolute Gasteiger partial charge is 0.256 e. The lowest BCUT2D eigenvalue weighted by Crippen LogP contribution is -2.38. The number of nitrogens with zero attached hydrogens (tertiary/aromatic N) is 1. The SMILES string of the molecule is CCCC(CCc1ccccc1)NC(=O)c1conc1C(C)(C)N. The largest absolute Gasteiger partial charge is 0.364 e. The fraction of sp³-hybridized carbons (Fsp3) is 0.474. The fourth-order valence-electron chi connectivity index (χ4n) is 2.75. The van der Waals surface area contributed by atoms with Crippen LogP contribution >= 0.6 is 0 Å². The van der Waals surface area contributed by atoms with Crippen LogP contribution in [0.1, 0.15) is 61.6 Å². The van der Waals surface area contributed by atoms with E-state index in [2.05, 4.69) is 29.5 Å². The summed E-state index contributed by atoms with van der Waals surface area (Å²) >= 11 is 0. The first-order valence-electron chi connectivity index (χ1n) is 8.50. The van der Waals surface area contributed by atoms with E-state index in [1.54, 1.807) is 13.8 Å². The first kappa shape index (κ1) is 18.2. The van der Waals surface area contributed by atoms with Gasteiger partial charge in [-0.15, -0.1) is 0 Å². The van der Waals surface area contributed by atoms with E-state index in [0.717, 1.165) is 25.7 Å². The summed E-state index contributed by atoms with van der Waals surface area (Å²) in [5, 5.41) is 7.00. The van der Waals surface area contributed by atoms with Crippen LogP contribution in [0.5, 0.6) is 0 Å². The zero-order chi connectivity index (χ0) is 17.6. The van der Waals surface area contributed by atoms with Gasteiger partial charge >= 0.3 is 0 Å². The number of nitrogens with two attached hydrogens (primary N) is 1. The Hall–Kier alpha value is -2.14. The van der Waals surface area contributed by atoms with Crippen molar-refractivity contribution in [3.8, 4) is 0 Å². The molecule has 0 aliphatic rings. The molecule has 0 saturated heterocycles. The van der Waals surface area contributed by atoms with Crippen molar-refractivity contribution in [3.63, 3.8) is 0 Å². The molecule has 1 aromatic carbocycles. The van der Waals surface area contributed by atoms with Gasteiger partial charge in [-0.1, -0.05) is 48.8 Å². The molecule has 1 aromatic heterocycles. The van der Waals surface area contributed by atoms with Crippen LogP contribution in [0.3, 0.4) is 0 Å². The molecule has 0 aliphatic heterocycles. The molecule has 24 heavy (non-hydrogen) atoms. The molecule has 0 fully saturated rings. The Bertz CT molecular complexity index is 644. The lowest BCUT2D eigenvalue weighted by atomic mass is 9.97. The predicted octanol–water partition coefficient (Wildman–Crippen LogP) is 3.40. The number of carbonyl (C=O) groups excluding carboxylic acids is 1. The molecule has 1 amide bonds. The minimum atomic E-state index is -0.718. The molecule has 130 valence electrons. The average molecular weight is 329 g/mol. The van der Waals surface area contributed by atoms with Gasteiger partial charge in [-0.3, -0.25) is 4.79 Å². The van der Waals surface area contributed by atoms with E-state index in [4.69, 9.17) is 10.3 Å². The van der Waals surface area contributed by atoms with Crippen molar-refractivity contribution in [3.05, 3.63) is 53.4 Å². The van der Waals surface area contributed by atoms with Gasteiger partial charge in [0.25, 0.3) is 5.91 Å². The Morgan fingerprint density at radius 2 is 2.00 bits per heavy atom. The lowest BCUT2D eigenvalue weighted by molar-refractivity contribution is 0.0930. The van der Waals surface area contributed by atoms with Crippen molar-refractivity contribution in [2.24, 2.45) is 5.73 Å². The van der Waals surface area contributed by atoms with Crippen molar-refractivity contribution in [1.29, 1.82) is 0 Å². The Morgan fingerprint density at radius 1 is 1.29 bits per heavy atom. The summed E-state index contributed by atoms with van der Waals surface area (Å²) in [6, 6.07) is 10.4. The van der Waals surface area contributed by atoms with Crippen molar-refractivity contribution in [1.82, 2.24) is 10.5 Å². The standard InChI is InChI=1S/C19H27N3O2/c1-4-8-15(12-11-14-9-6-5-7-10-14)21-18(23)16-13-24-22-17(16)19(2,3)20/h5-7,9-10,13,15H,4,8,11-12,20H2,1-3H3,(H,21,23). The number of rotatable bonds is 8. The van der Waals surface area contributed by atoms with Gasteiger partial charge in [0.2, 0.25) is 0 Å². The van der Waals surface area contributed by atoms with Crippen molar-refractivity contribution >= 4 is 5.91 Å². The van der Waals surface area contributed by atoms with Crippen molar-refractivity contribution < 1.29 is 9.32 Å². The summed E-state index contributed by atoms with van der Waals surface area (Å²) in [5.41, 5.74) is 7.53. The van der Waals surface area contributed by atoms with E-state index >= 15 is 0 Å². The first-order valence-corrected chi connectivity index (χ1v) is 8.50. The first-order chi connectivity index (χ1) is 11.4. The van der Waals surface area contributed by atoms with Crippen molar-refractivity contribution in [2.75, 3.05) is 0 Å². The quantitative estimate of drug-likeness (QED) is 0.778. The maximum Gasteiger partial charge on any atom is 0.256 e. The number of carbonyl (C=O) groups is 1. The fourth-order valence-corrected chi connectivity index (χ4v) is 2.75. The van der Waals surface area contributed by atoms with Crippen LogP contribution in [-0.4, -0.2) is 17.1 Å². The zero-order valence-electron chi connectivity index (χ0n) is 14.7. The molecule has 0 aliphatic carbocycles. The molecule has 5 heteroatoms. The van der Waals surface area contributed by atoms with Crippen LogP contribution in [0.15, 0.2) is 41.1 Å². The third-order valence-electron chi connectivity index (χ3n) is 4.02. The molecule has 2 aromatic rings.